The van der Waals surface area contributed by atoms with Gasteiger partial charge in [-0.05, 0) is 50.8 Å². The Morgan fingerprint density at radius 1 is 1.24 bits per heavy atom. The molecule has 1 aromatic heterocycles. The van der Waals surface area contributed by atoms with Gasteiger partial charge in [0.2, 0.25) is 5.91 Å². The van der Waals surface area contributed by atoms with Crippen molar-refractivity contribution >= 4 is 11.7 Å². The highest BCUT2D eigenvalue weighted by molar-refractivity contribution is 5.76. The summed E-state index contributed by atoms with van der Waals surface area (Å²) >= 11 is 0. The van der Waals surface area contributed by atoms with Crippen LogP contribution in [0.3, 0.4) is 0 Å². The maximum absolute atomic E-state index is 12.2. The van der Waals surface area contributed by atoms with Gasteiger partial charge in [-0.1, -0.05) is 0 Å². The van der Waals surface area contributed by atoms with Gasteiger partial charge in [0.25, 0.3) is 0 Å². The SMILES string of the molecule is Nc1ccn(CC(=O)N2CCC(CN3CCCC3)CC2)n1. The summed E-state index contributed by atoms with van der Waals surface area (Å²) in [6, 6.07) is 1.72. The van der Waals surface area contributed by atoms with Gasteiger partial charge < -0.3 is 15.5 Å². The largest absolute Gasteiger partial charge is 0.382 e. The fourth-order valence-electron chi connectivity index (χ4n) is 3.40. The van der Waals surface area contributed by atoms with E-state index in [2.05, 4.69) is 10.00 Å². The summed E-state index contributed by atoms with van der Waals surface area (Å²) in [4.78, 5) is 16.8. The number of nitrogens with zero attached hydrogens (tertiary/aromatic N) is 4. The Labute approximate surface area is 125 Å². The van der Waals surface area contributed by atoms with E-state index in [-0.39, 0.29) is 5.91 Å². The smallest absolute Gasteiger partial charge is 0.244 e. The lowest BCUT2D eigenvalue weighted by Crippen LogP contribution is -2.42. The zero-order chi connectivity index (χ0) is 14.7. The zero-order valence-electron chi connectivity index (χ0n) is 12.6. The second kappa shape index (κ2) is 6.47. The lowest BCUT2D eigenvalue weighted by Gasteiger charge is -2.33. The fraction of sp³-hybridized carbons (Fsp3) is 0.733. The van der Waals surface area contributed by atoms with Gasteiger partial charge in [0.1, 0.15) is 12.4 Å². The third-order valence-electron chi connectivity index (χ3n) is 4.64. The van der Waals surface area contributed by atoms with Crippen LogP contribution < -0.4 is 5.73 Å². The van der Waals surface area contributed by atoms with Crippen LogP contribution in [0.1, 0.15) is 25.7 Å². The number of likely N-dealkylation sites (tertiary alicyclic amines) is 2. The van der Waals surface area contributed by atoms with E-state index < -0.39 is 0 Å². The van der Waals surface area contributed by atoms with Crippen LogP contribution in [0.2, 0.25) is 0 Å². The zero-order valence-corrected chi connectivity index (χ0v) is 12.6. The fourth-order valence-corrected chi connectivity index (χ4v) is 3.40. The van der Waals surface area contributed by atoms with Gasteiger partial charge in [-0.3, -0.25) is 9.48 Å². The molecule has 2 fully saturated rings. The van der Waals surface area contributed by atoms with Crippen molar-refractivity contribution in [1.29, 1.82) is 0 Å². The molecule has 0 radical (unpaired) electrons. The maximum atomic E-state index is 12.2. The van der Waals surface area contributed by atoms with E-state index in [4.69, 9.17) is 5.73 Å². The van der Waals surface area contributed by atoms with Gasteiger partial charge in [-0.25, -0.2) is 0 Å². The molecular weight excluding hydrogens is 266 g/mol. The minimum Gasteiger partial charge on any atom is -0.382 e. The van der Waals surface area contributed by atoms with Gasteiger partial charge in [0, 0.05) is 25.8 Å². The van der Waals surface area contributed by atoms with Crippen LogP contribution in [-0.2, 0) is 11.3 Å². The predicted octanol–water partition coefficient (Wildman–Crippen LogP) is 0.800. The van der Waals surface area contributed by atoms with Crippen molar-refractivity contribution in [2.45, 2.75) is 32.2 Å². The Hall–Kier alpha value is -1.56. The van der Waals surface area contributed by atoms with E-state index in [9.17, 15) is 4.79 Å². The van der Waals surface area contributed by atoms with Crippen molar-refractivity contribution in [1.82, 2.24) is 19.6 Å². The van der Waals surface area contributed by atoms with Crippen LogP contribution >= 0.6 is 0 Å². The van der Waals surface area contributed by atoms with Gasteiger partial charge in [0.15, 0.2) is 0 Å². The first-order chi connectivity index (χ1) is 10.2. The molecule has 0 atom stereocenters. The highest BCUT2D eigenvalue weighted by Crippen LogP contribution is 2.20. The molecule has 2 aliphatic rings. The van der Waals surface area contributed by atoms with Crippen molar-refractivity contribution in [3.8, 4) is 0 Å². The standard InChI is InChI=1S/C15H25N5O/c16-14-5-10-20(17-14)12-15(21)19-8-3-13(4-9-19)11-18-6-1-2-7-18/h5,10,13H,1-4,6-9,11-12H2,(H2,16,17). The topological polar surface area (TPSA) is 67.4 Å². The summed E-state index contributed by atoms with van der Waals surface area (Å²) in [5, 5.41) is 4.07. The molecule has 0 spiro atoms. The van der Waals surface area contributed by atoms with Crippen LogP contribution in [0.5, 0.6) is 0 Å². The van der Waals surface area contributed by atoms with Crippen molar-refractivity contribution in [2.24, 2.45) is 5.92 Å². The van der Waals surface area contributed by atoms with E-state index >= 15 is 0 Å². The molecular formula is C15H25N5O. The molecule has 3 rings (SSSR count). The normalized spacial score (nSPS) is 21.0. The summed E-state index contributed by atoms with van der Waals surface area (Å²) in [6.07, 6.45) is 6.72. The van der Waals surface area contributed by atoms with Gasteiger partial charge in [-0.2, -0.15) is 5.10 Å². The molecule has 0 aromatic carbocycles. The van der Waals surface area contributed by atoms with Gasteiger partial charge in [-0.15, -0.1) is 0 Å². The molecule has 6 heteroatoms. The Morgan fingerprint density at radius 3 is 2.57 bits per heavy atom. The Bertz CT molecular complexity index is 472. The summed E-state index contributed by atoms with van der Waals surface area (Å²) in [5.74, 6) is 1.37. The monoisotopic (exact) mass is 291 g/mol. The number of hydrogen-bond donors (Lipinski definition) is 1. The molecule has 0 unspecified atom stereocenters. The van der Waals surface area contributed by atoms with Crippen molar-refractivity contribution in [3.63, 3.8) is 0 Å². The molecule has 1 aromatic rings. The van der Waals surface area contributed by atoms with Crippen LogP contribution in [0.15, 0.2) is 12.3 Å². The lowest BCUT2D eigenvalue weighted by molar-refractivity contribution is -0.133. The summed E-state index contributed by atoms with van der Waals surface area (Å²) in [6.45, 7) is 5.81. The summed E-state index contributed by atoms with van der Waals surface area (Å²) < 4.78 is 1.62. The highest BCUT2D eigenvalue weighted by Gasteiger charge is 2.25. The first-order valence-corrected chi connectivity index (χ1v) is 8.00. The van der Waals surface area contributed by atoms with E-state index in [1.54, 1.807) is 16.9 Å². The van der Waals surface area contributed by atoms with Crippen molar-refractivity contribution in [3.05, 3.63) is 12.3 Å². The molecule has 0 bridgehead atoms. The van der Waals surface area contributed by atoms with Crippen LogP contribution in [0.4, 0.5) is 5.82 Å². The second-order valence-electron chi connectivity index (χ2n) is 6.27. The molecule has 21 heavy (non-hydrogen) atoms. The van der Waals surface area contributed by atoms with Crippen molar-refractivity contribution in [2.75, 3.05) is 38.5 Å². The molecule has 2 N–H and O–H groups in total. The summed E-state index contributed by atoms with van der Waals surface area (Å²) in [7, 11) is 0. The number of amides is 1. The number of piperidine rings is 1. The number of anilines is 1. The summed E-state index contributed by atoms with van der Waals surface area (Å²) in [5.41, 5.74) is 5.57. The minimum absolute atomic E-state index is 0.151. The predicted molar refractivity (Wildman–Crippen MR) is 81.6 cm³/mol. The molecule has 0 aliphatic carbocycles. The number of nitrogen functional groups attached to an aromatic ring is 1. The number of aromatic nitrogens is 2. The van der Waals surface area contributed by atoms with Crippen molar-refractivity contribution < 1.29 is 4.79 Å². The molecule has 3 heterocycles. The maximum Gasteiger partial charge on any atom is 0.244 e. The number of carbonyl (C=O) groups is 1. The Morgan fingerprint density at radius 2 is 1.95 bits per heavy atom. The second-order valence-corrected chi connectivity index (χ2v) is 6.27. The van der Waals surface area contributed by atoms with E-state index in [0.717, 1.165) is 31.8 Å². The quantitative estimate of drug-likeness (QED) is 0.891. The first-order valence-electron chi connectivity index (χ1n) is 8.00. The average molecular weight is 291 g/mol. The molecule has 6 nitrogen and oxygen atoms in total. The molecule has 0 saturated carbocycles. The number of nitrogens with two attached hydrogens (primary N) is 1. The van der Waals surface area contributed by atoms with Gasteiger partial charge in [0.05, 0.1) is 0 Å². The van der Waals surface area contributed by atoms with Crippen LogP contribution in [-0.4, -0.2) is 58.2 Å². The Kier molecular flexibility index (Phi) is 4.43. The highest BCUT2D eigenvalue weighted by atomic mass is 16.2. The number of rotatable bonds is 4. The molecule has 2 aliphatic heterocycles. The van der Waals surface area contributed by atoms with Crippen LogP contribution in [0, 0.1) is 5.92 Å². The Balaban J connectivity index is 1.43. The molecule has 2 saturated heterocycles. The van der Waals surface area contributed by atoms with Gasteiger partial charge >= 0.3 is 0 Å². The first kappa shape index (κ1) is 14.4. The van der Waals surface area contributed by atoms with E-state index in [1.165, 1.54) is 32.5 Å². The third-order valence-corrected chi connectivity index (χ3v) is 4.64. The average Bonchev–Trinajstić information content (AvgIpc) is 3.12. The minimum atomic E-state index is 0.151. The molecule has 1 amide bonds. The molecule has 116 valence electrons. The van der Waals surface area contributed by atoms with E-state index in [0.29, 0.717) is 12.4 Å². The van der Waals surface area contributed by atoms with E-state index in [1.807, 2.05) is 4.90 Å². The van der Waals surface area contributed by atoms with Crippen LogP contribution in [0.25, 0.3) is 0 Å². The number of carbonyl (C=O) groups excluding carboxylic acids is 1. The third kappa shape index (κ3) is 3.75. The lowest BCUT2D eigenvalue weighted by atomic mass is 9.96. The number of hydrogen-bond acceptors (Lipinski definition) is 4.